The molecular weight excluding hydrogens is 332 g/mol. The summed E-state index contributed by atoms with van der Waals surface area (Å²) >= 11 is 0. The Morgan fingerprint density at radius 3 is 2.42 bits per heavy atom. The van der Waals surface area contributed by atoms with E-state index < -0.39 is 6.67 Å². The minimum atomic E-state index is -0.487. The molecule has 26 heavy (non-hydrogen) atoms. The molecule has 1 aromatic carbocycles. The van der Waals surface area contributed by atoms with Gasteiger partial charge < -0.3 is 4.57 Å². The van der Waals surface area contributed by atoms with E-state index in [0.29, 0.717) is 0 Å². The topological polar surface area (TPSA) is 30.7 Å². The predicted octanol–water partition coefficient (Wildman–Crippen LogP) is 5.18. The highest BCUT2D eigenvalue weighted by Gasteiger charge is 2.21. The van der Waals surface area contributed by atoms with E-state index in [2.05, 4.69) is 9.97 Å². The minimum absolute atomic E-state index is 0.223. The van der Waals surface area contributed by atoms with Crippen molar-refractivity contribution in [3.05, 3.63) is 72.4 Å². The Morgan fingerprint density at radius 2 is 1.73 bits per heavy atom. The third-order valence-electron chi connectivity index (χ3n) is 4.43. The first-order valence-electron chi connectivity index (χ1n) is 8.40. The Labute approximate surface area is 150 Å². The van der Waals surface area contributed by atoms with Crippen LogP contribution in [0.3, 0.4) is 0 Å². The zero-order chi connectivity index (χ0) is 18.1. The van der Waals surface area contributed by atoms with E-state index in [1.54, 1.807) is 30.7 Å². The molecule has 4 aromatic rings. The summed E-state index contributed by atoms with van der Waals surface area (Å²) in [5.74, 6) is -0.296. The van der Waals surface area contributed by atoms with Crippen LogP contribution in [0.25, 0.3) is 33.4 Å². The standard InChI is InChI=1S/C21H17F2N3/c1-14-12-18-20(25-13-14)19(15-2-4-17(23)5-3-15)21(26(18)11-8-22)16-6-9-24-10-7-16/h2-7,9-10,12-13H,8,11H2,1H3. The van der Waals surface area contributed by atoms with Crippen LogP contribution in [0.4, 0.5) is 8.78 Å². The van der Waals surface area contributed by atoms with E-state index in [-0.39, 0.29) is 12.4 Å². The molecular formula is C21H17F2N3. The summed E-state index contributed by atoms with van der Waals surface area (Å²) in [4.78, 5) is 8.70. The van der Waals surface area contributed by atoms with E-state index >= 15 is 0 Å². The molecule has 3 heterocycles. The molecule has 0 saturated heterocycles. The maximum Gasteiger partial charge on any atom is 0.123 e. The summed E-state index contributed by atoms with van der Waals surface area (Å²) in [6, 6.07) is 12.1. The van der Waals surface area contributed by atoms with Crippen molar-refractivity contribution >= 4 is 11.0 Å². The Kier molecular flexibility index (Phi) is 4.21. The second-order valence-electron chi connectivity index (χ2n) is 6.19. The molecule has 0 aliphatic rings. The predicted molar refractivity (Wildman–Crippen MR) is 99.1 cm³/mol. The van der Waals surface area contributed by atoms with Crippen LogP contribution >= 0.6 is 0 Å². The smallest absolute Gasteiger partial charge is 0.123 e. The number of hydrogen-bond donors (Lipinski definition) is 0. The quantitative estimate of drug-likeness (QED) is 0.508. The first-order valence-corrected chi connectivity index (χ1v) is 8.40. The van der Waals surface area contributed by atoms with E-state index in [4.69, 9.17) is 0 Å². The van der Waals surface area contributed by atoms with Crippen LogP contribution in [0.5, 0.6) is 0 Å². The summed E-state index contributed by atoms with van der Waals surface area (Å²) in [6.07, 6.45) is 5.21. The van der Waals surface area contributed by atoms with E-state index in [9.17, 15) is 8.78 Å². The highest BCUT2D eigenvalue weighted by molar-refractivity contribution is 6.02. The second kappa shape index (κ2) is 6.67. The average molecular weight is 349 g/mol. The SMILES string of the molecule is Cc1cnc2c(-c3ccc(F)cc3)c(-c3ccncc3)n(CCF)c2c1. The number of benzene rings is 1. The zero-order valence-corrected chi connectivity index (χ0v) is 14.3. The molecule has 0 radical (unpaired) electrons. The molecule has 0 N–H and O–H groups in total. The molecule has 0 spiro atoms. The van der Waals surface area contributed by atoms with E-state index in [1.165, 1.54) is 12.1 Å². The van der Waals surface area contributed by atoms with Crippen molar-refractivity contribution in [2.24, 2.45) is 0 Å². The second-order valence-corrected chi connectivity index (χ2v) is 6.19. The van der Waals surface area contributed by atoms with Gasteiger partial charge >= 0.3 is 0 Å². The third kappa shape index (κ3) is 2.75. The number of halogens is 2. The van der Waals surface area contributed by atoms with Gasteiger partial charge in [0, 0.05) is 29.7 Å². The first-order chi connectivity index (χ1) is 12.7. The molecule has 0 aliphatic heterocycles. The summed E-state index contributed by atoms with van der Waals surface area (Å²) in [6.45, 7) is 1.70. The highest BCUT2D eigenvalue weighted by atomic mass is 19.1. The van der Waals surface area contributed by atoms with Gasteiger partial charge in [-0.2, -0.15) is 0 Å². The van der Waals surface area contributed by atoms with Crippen molar-refractivity contribution < 1.29 is 8.78 Å². The summed E-state index contributed by atoms with van der Waals surface area (Å²) in [5, 5.41) is 0. The molecule has 0 amide bonds. The maximum atomic E-state index is 13.4. The van der Waals surface area contributed by atoms with Crippen LogP contribution < -0.4 is 0 Å². The Hall–Kier alpha value is -3.08. The number of hydrogen-bond acceptors (Lipinski definition) is 2. The Balaban J connectivity index is 2.12. The molecule has 4 rings (SSSR count). The molecule has 0 atom stereocenters. The highest BCUT2D eigenvalue weighted by Crippen LogP contribution is 2.40. The molecule has 0 bridgehead atoms. The van der Waals surface area contributed by atoms with Crippen LogP contribution in [0.1, 0.15) is 5.56 Å². The number of alkyl halides is 1. The van der Waals surface area contributed by atoms with Gasteiger partial charge in [0.1, 0.15) is 12.5 Å². The van der Waals surface area contributed by atoms with Gasteiger partial charge in [-0.3, -0.25) is 9.97 Å². The lowest BCUT2D eigenvalue weighted by Gasteiger charge is -2.11. The van der Waals surface area contributed by atoms with E-state index in [1.807, 2.05) is 29.7 Å². The molecule has 0 aliphatic carbocycles. The summed E-state index contributed by atoms with van der Waals surface area (Å²) in [7, 11) is 0. The van der Waals surface area contributed by atoms with Gasteiger partial charge in [-0.15, -0.1) is 0 Å². The van der Waals surface area contributed by atoms with Crippen molar-refractivity contribution in [3.8, 4) is 22.4 Å². The molecule has 5 heteroatoms. The first kappa shape index (κ1) is 16.4. The average Bonchev–Trinajstić information content (AvgIpc) is 2.97. The molecule has 3 nitrogen and oxygen atoms in total. The van der Waals surface area contributed by atoms with Gasteiger partial charge in [0.25, 0.3) is 0 Å². The molecule has 130 valence electrons. The van der Waals surface area contributed by atoms with Crippen LogP contribution in [0.15, 0.2) is 61.1 Å². The number of aryl methyl sites for hydroxylation is 2. The normalized spacial score (nSPS) is 11.2. The van der Waals surface area contributed by atoms with Crippen LogP contribution in [0.2, 0.25) is 0 Å². The van der Waals surface area contributed by atoms with Gasteiger partial charge in [0.05, 0.1) is 23.3 Å². The molecule has 0 saturated carbocycles. The lowest BCUT2D eigenvalue weighted by Crippen LogP contribution is -2.02. The van der Waals surface area contributed by atoms with Crippen molar-refractivity contribution in [1.82, 2.24) is 14.5 Å². The number of rotatable bonds is 4. The van der Waals surface area contributed by atoms with Gasteiger partial charge in [0.2, 0.25) is 0 Å². The Bertz CT molecular complexity index is 1050. The van der Waals surface area contributed by atoms with Crippen molar-refractivity contribution in [3.63, 3.8) is 0 Å². The summed E-state index contributed by atoms with van der Waals surface area (Å²) < 4.78 is 28.8. The number of nitrogens with zero attached hydrogens (tertiary/aromatic N) is 3. The molecule has 0 unspecified atom stereocenters. The fraction of sp³-hybridized carbons (Fsp3) is 0.143. The van der Waals surface area contributed by atoms with Gasteiger partial charge in [-0.1, -0.05) is 12.1 Å². The Morgan fingerprint density at radius 1 is 1.00 bits per heavy atom. The summed E-state index contributed by atoms with van der Waals surface area (Å²) in [5.41, 5.74) is 6.16. The van der Waals surface area contributed by atoms with Crippen molar-refractivity contribution in [1.29, 1.82) is 0 Å². The fourth-order valence-corrected chi connectivity index (χ4v) is 3.34. The largest absolute Gasteiger partial charge is 0.336 e. The molecule has 0 fully saturated rings. The third-order valence-corrected chi connectivity index (χ3v) is 4.43. The van der Waals surface area contributed by atoms with E-state index in [0.717, 1.165) is 39.0 Å². The van der Waals surface area contributed by atoms with Crippen molar-refractivity contribution in [2.75, 3.05) is 6.67 Å². The zero-order valence-electron chi connectivity index (χ0n) is 14.3. The van der Waals surface area contributed by atoms with Gasteiger partial charge in [-0.05, 0) is 48.4 Å². The number of fused-ring (bicyclic) bond motifs is 1. The molecule has 3 aromatic heterocycles. The fourth-order valence-electron chi connectivity index (χ4n) is 3.34. The number of pyridine rings is 2. The van der Waals surface area contributed by atoms with Crippen molar-refractivity contribution in [2.45, 2.75) is 13.5 Å². The van der Waals surface area contributed by atoms with Gasteiger partial charge in [0.15, 0.2) is 0 Å². The van der Waals surface area contributed by atoms with Gasteiger partial charge in [-0.25, -0.2) is 8.78 Å². The van der Waals surface area contributed by atoms with Crippen LogP contribution in [-0.4, -0.2) is 21.2 Å². The van der Waals surface area contributed by atoms with Crippen LogP contribution in [0, 0.1) is 12.7 Å². The minimum Gasteiger partial charge on any atom is -0.336 e. The lowest BCUT2D eigenvalue weighted by atomic mass is 10.0. The van der Waals surface area contributed by atoms with Crippen LogP contribution in [-0.2, 0) is 6.54 Å². The monoisotopic (exact) mass is 349 g/mol. The maximum absolute atomic E-state index is 13.4. The number of aromatic nitrogens is 3. The lowest BCUT2D eigenvalue weighted by molar-refractivity contribution is 0.452.